The molecule has 0 atom stereocenters. The topological polar surface area (TPSA) is 29.5 Å². The Bertz CT molecular complexity index is 709. The summed E-state index contributed by atoms with van der Waals surface area (Å²) in [6, 6.07) is 12.0. The van der Waals surface area contributed by atoms with Gasteiger partial charge in [-0.05, 0) is 61.9 Å². The summed E-state index contributed by atoms with van der Waals surface area (Å²) in [5.41, 5.74) is 1.15. The maximum Gasteiger partial charge on any atom is 0.222 e. The normalized spacial score (nSPS) is 14.6. The van der Waals surface area contributed by atoms with Crippen LogP contribution in [0, 0.1) is 0 Å². The zero-order valence-corrected chi connectivity index (χ0v) is 16.1. The van der Waals surface area contributed by atoms with Crippen molar-refractivity contribution in [3.05, 3.63) is 51.2 Å². The molecule has 0 spiro atoms. The van der Waals surface area contributed by atoms with Crippen LogP contribution in [0.5, 0.6) is 5.75 Å². The van der Waals surface area contributed by atoms with E-state index in [0.717, 1.165) is 39.8 Å². The lowest BCUT2D eigenvalue weighted by molar-refractivity contribution is -0.130. The van der Waals surface area contributed by atoms with Gasteiger partial charge in [-0.15, -0.1) is 11.3 Å². The van der Waals surface area contributed by atoms with Crippen molar-refractivity contribution in [1.29, 1.82) is 0 Å². The molecule has 5 heteroatoms. The SMILES string of the molecule is CN(Cc1ccc(Cl)s1)C(=O)CCc1cccc(OC2CCCC2)c1. The first-order valence-corrected chi connectivity index (χ1v) is 10.0. The molecule has 1 fully saturated rings. The number of hydrogen-bond donors (Lipinski definition) is 0. The molecule has 1 aliphatic rings. The molecular weight excluding hydrogens is 354 g/mol. The fourth-order valence-corrected chi connectivity index (χ4v) is 4.31. The number of hydrogen-bond acceptors (Lipinski definition) is 3. The average Bonchev–Trinajstić information content (AvgIpc) is 3.25. The molecule has 0 radical (unpaired) electrons. The minimum absolute atomic E-state index is 0.145. The number of thiophene rings is 1. The molecule has 0 unspecified atom stereocenters. The largest absolute Gasteiger partial charge is 0.490 e. The molecule has 0 saturated heterocycles. The monoisotopic (exact) mass is 377 g/mol. The predicted octanol–water partition coefficient (Wildman–Crippen LogP) is 5.31. The fourth-order valence-electron chi connectivity index (χ4n) is 3.17. The van der Waals surface area contributed by atoms with Crippen LogP contribution < -0.4 is 4.74 Å². The molecule has 1 saturated carbocycles. The number of rotatable bonds is 7. The first-order valence-electron chi connectivity index (χ1n) is 8.84. The Balaban J connectivity index is 1.49. The highest BCUT2D eigenvalue weighted by Gasteiger charge is 2.16. The highest BCUT2D eigenvalue weighted by Crippen LogP contribution is 2.25. The summed E-state index contributed by atoms with van der Waals surface area (Å²) in [4.78, 5) is 15.2. The summed E-state index contributed by atoms with van der Waals surface area (Å²) in [5, 5.41) is 0. The summed E-state index contributed by atoms with van der Waals surface area (Å²) in [7, 11) is 1.84. The van der Waals surface area contributed by atoms with Crippen molar-refractivity contribution in [2.75, 3.05) is 7.05 Å². The zero-order chi connectivity index (χ0) is 17.6. The number of halogens is 1. The van der Waals surface area contributed by atoms with Crippen molar-refractivity contribution in [2.24, 2.45) is 0 Å². The van der Waals surface area contributed by atoms with Gasteiger partial charge in [0.1, 0.15) is 5.75 Å². The highest BCUT2D eigenvalue weighted by atomic mass is 35.5. The van der Waals surface area contributed by atoms with Gasteiger partial charge in [0, 0.05) is 18.3 Å². The molecule has 1 heterocycles. The molecule has 0 aliphatic heterocycles. The molecule has 3 rings (SSSR count). The van der Waals surface area contributed by atoms with Gasteiger partial charge in [0.05, 0.1) is 17.0 Å². The third-order valence-corrected chi connectivity index (χ3v) is 5.79. The molecule has 1 aliphatic carbocycles. The van der Waals surface area contributed by atoms with Crippen molar-refractivity contribution in [2.45, 2.75) is 51.2 Å². The van der Waals surface area contributed by atoms with Crippen molar-refractivity contribution < 1.29 is 9.53 Å². The van der Waals surface area contributed by atoms with Gasteiger partial charge in [-0.1, -0.05) is 23.7 Å². The molecule has 2 aromatic rings. The Labute approximate surface area is 158 Å². The maximum atomic E-state index is 12.4. The lowest BCUT2D eigenvalue weighted by Gasteiger charge is -2.17. The van der Waals surface area contributed by atoms with Crippen molar-refractivity contribution in [3.8, 4) is 5.75 Å². The minimum Gasteiger partial charge on any atom is -0.490 e. The van der Waals surface area contributed by atoms with Crippen molar-refractivity contribution in [3.63, 3.8) is 0 Å². The molecule has 134 valence electrons. The van der Waals surface area contributed by atoms with Crippen LogP contribution in [0.1, 0.15) is 42.5 Å². The van der Waals surface area contributed by atoms with Crippen LogP contribution in [0.3, 0.4) is 0 Å². The number of amides is 1. The third kappa shape index (κ3) is 5.48. The molecule has 3 nitrogen and oxygen atoms in total. The van der Waals surface area contributed by atoms with Crippen LogP contribution in [-0.2, 0) is 17.8 Å². The standard InChI is InChI=1S/C20H24ClNO2S/c1-22(14-18-10-11-19(21)25-18)20(23)12-9-15-5-4-8-17(13-15)24-16-6-2-3-7-16/h4-5,8,10-11,13,16H,2-3,6-7,9,12,14H2,1H3. The van der Waals surface area contributed by atoms with E-state index in [9.17, 15) is 4.79 Å². The van der Waals surface area contributed by atoms with Crippen LogP contribution in [0.15, 0.2) is 36.4 Å². The smallest absolute Gasteiger partial charge is 0.222 e. The third-order valence-electron chi connectivity index (χ3n) is 4.58. The van der Waals surface area contributed by atoms with Gasteiger partial charge in [-0.3, -0.25) is 4.79 Å². The van der Waals surface area contributed by atoms with E-state index in [1.54, 1.807) is 4.90 Å². The number of benzene rings is 1. The van der Waals surface area contributed by atoms with Gasteiger partial charge >= 0.3 is 0 Å². The molecule has 1 amide bonds. The highest BCUT2D eigenvalue weighted by molar-refractivity contribution is 7.16. The van der Waals surface area contributed by atoms with E-state index in [1.807, 2.05) is 31.3 Å². The number of carbonyl (C=O) groups is 1. The average molecular weight is 378 g/mol. The second kappa shape index (κ2) is 8.72. The van der Waals surface area contributed by atoms with E-state index in [4.69, 9.17) is 16.3 Å². The molecule has 1 aromatic carbocycles. The van der Waals surface area contributed by atoms with Crippen LogP contribution in [-0.4, -0.2) is 24.0 Å². The van der Waals surface area contributed by atoms with E-state index in [0.29, 0.717) is 19.1 Å². The summed E-state index contributed by atoms with van der Waals surface area (Å²) in [5.74, 6) is 1.07. The predicted molar refractivity (Wildman–Crippen MR) is 103 cm³/mol. The minimum atomic E-state index is 0.145. The van der Waals surface area contributed by atoms with Crippen LogP contribution in [0.2, 0.25) is 4.34 Å². The Kier molecular flexibility index (Phi) is 6.38. The van der Waals surface area contributed by atoms with E-state index in [2.05, 4.69) is 12.1 Å². The molecular formula is C20H24ClNO2S. The van der Waals surface area contributed by atoms with Gasteiger partial charge in [0.25, 0.3) is 0 Å². The first-order chi connectivity index (χ1) is 12.1. The van der Waals surface area contributed by atoms with Crippen LogP contribution in [0.4, 0.5) is 0 Å². The van der Waals surface area contributed by atoms with Crippen LogP contribution in [0.25, 0.3) is 0 Å². The van der Waals surface area contributed by atoms with Gasteiger partial charge in [0.15, 0.2) is 0 Å². The summed E-state index contributed by atoms with van der Waals surface area (Å²) >= 11 is 7.46. The Morgan fingerprint density at radius 1 is 1.28 bits per heavy atom. The van der Waals surface area contributed by atoms with Gasteiger partial charge in [-0.2, -0.15) is 0 Å². The van der Waals surface area contributed by atoms with E-state index < -0.39 is 0 Å². The van der Waals surface area contributed by atoms with Gasteiger partial charge in [-0.25, -0.2) is 0 Å². The van der Waals surface area contributed by atoms with Crippen LogP contribution >= 0.6 is 22.9 Å². The van der Waals surface area contributed by atoms with E-state index in [1.165, 1.54) is 24.2 Å². The van der Waals surface area contributed by atoms with E-state index in [-0.39, 0.29) is 5.91 Å². The number of ether oxygens (including phenoxy) is 1. The lowest BCUT2D eigenvalue weighted by atomic mass is 10.1. The van der Waals surface area contributed by atoms with Crippen molar-refractivity contribution in [1.82, 2.24) is 4.90 Å². The van der Waals surface area contributed by atoms with Gasteiger partial charge < -0.3 is 9.64 Å². The molecule has 0 N–H and O–H groups in total. The van der Waals surface area contributed by atoms with Gasteiger partial charge in [0.2, 0.25) is 5.91 Å². The molecule has 25 heavy (non-hydrogen) atoms. The Hall–Kier alpha value is -1.52. The quantitative estimate of drug-likeness (QED) is 0.654. The molecule has 1 aromatic heterocycles. The lowest BCUT2D eigenvalue weighted by Crippen LogP contribution is -2.25. The number of aryl methyl sites for hydroxylation is 1. The first kappa shape index (κ1) is 18.3. The fraction of sp³-hybridized carbons (Fsp3) is 0.450. The second-order valence-electron chi connectivity index (χ2n) is 6.63. The maximum absolute atomic E-state index is 12.4. The Morgan fingerprint density at radius 2 is 2.08 bits per heavy atom. The summed E-state index contributed by atoms with van der Waals surface area (Å²) in [6.45, 7) is 0.612. The second-order valence-corrected chi connectivity index (χ2v) is 8.43. The van der Waals surface area contributed by atoms with Crippen molar-refractivity contribution >= 4 is 28.8 Å². The summed E-state index contributed by atoms with van der Waals surface area (Å²) < 4.78 is 6.80. The zero-order valence-electron chi connectivity index (χ0n) is 14.5. The number of carbonyl (C=O) groups excluding carboxylic acids is 1. The van der Waals surface area contributed by atoms with E-state index >= 15 is 0 Å². The number of nitrogens with zero attached hydrogens (tertiary/aromatic N) is 1. The Morgan fingerprint density at radius 3 is 2.80 bits per heavy atom. The molecule has 0 bridgehead atoms. The summed E-state index contributed by atoms with van der Waals surface area (Å²) in [6.07, 6.45) is 6.43.